The summed E-state index contributed by atoms with van der Waals surface area (Å²) in [6, 6.07) is 10.00. The van der Waals surface area contributed by atoms with Crippen LogP contribution >= 0.6 is 0 Å². The number of rotatable bonds is 13. The minimum atomic E-state index is -4.21. The maximum absolute atomic E-state index is 13.7. The average Bonchev–Trinajstić information content (AvgIpc) is 3.32. The molecule has 3 rings (SSSR count). The van der Waals surface area contributed by atoms with Crippen LogP contribution in [0.3, 0.4) is 0 Å². The number of benzene rings is 2. The van der Waals surface area contributed by atoms with Crippen LogP contribution in [-0.2, 0) is 25.9 Å². The highest BCUT2D eigenvalue weighted by Crippen LogP contribution is 2.19. The summed E-state index contributed by atoms with van der Waals surface area (Å²) < 4.78 is 56.7. The van der Waals surface area contributed by atoms with Crippen LogP contribution < -0.4 is 10.6 Å². The number of hydrogen-bond acceptors (Lipinski definition) is 8. The number of carbonyl (C=O) groups excluding carboxylic acids is 1. The van der Waals surface area contributed by atoms with Crippen molar-refractivity contribution in [2.24, 2.45) is 4.99 Å². The summed E-state index contributed by atoms with van der Waals surface area (Å²) in [5.41, 5.74) is 1.59. The highest BCUT2D eigenvalue weighted by atomic mass is 32.2. The molecule has 0 fully saturated rings. The lowest BCUT2D eigenvalue weighted by atomic mass is 10.1. The van der Waals surface area contributed by atoms with Gasteiger partial charge in [0.15, 0.2) is 15.6 Å². The molecule has 10 nitrogen and oxygen atoms in total. The first-order chi connectivity index (χ1) is 17.2. The van der Waals surface area contributed by atoms with Gasteiger partial charge >= 0.3 is 6.09 Å². The van der Waals surface area contributed by atoms with Crippen LogP contribution in [0.25, 0.3) is 0 Å². The number of ketones is 1. The fraction of sp³-hybridized carbons (Fsp3) is 0.348. The highest BCUT2D eigenvalue weighted by molar-refractivity contribution is 7.91. The molecule has 194 valence electrons. The first-order valence-electron chi connectivity index (χ1n) is 11.0. The largest absolute Gasteiger partial charge is 0.465 e. The van der Waals surface area contributed by atoms with E-state index in [2.05, 4.69) is 15.6 Å². The van der Waals surface area contributed by atoms with Gasteiger partial charge in [0.25, 0.3) is 0 Å². The van der Waals surface area contributed by atoms with E-state index in [4.69, 9.17) is 4.74 Å². The van der Waals surface area contributed by atoms with E-state index in [0.717, 1.165) is 23.8 Å². The second kappa shape index (κ2) is 12.6. The Kier molecular flexibility index (Phi) is 9.58. The zero-order chi connectivity index (χ0) is 26.1. The Morgan fingerprint density at radius 1 is 1.08 bits per heavy atom. The number of nitrogens with zero attached hydrogens (tertiary/aromatic N) is 2. The second-order valence-corrected chi connectivity index (χ2v) is 9.77. The molecule has 0 saturated carbocycles. The molecule has 0 spiro atoms. The summed E-state index contributed by atoms with van der Waals surface area (Å²) in [6.45, 7) is 1.13. The Labute approximate surface area is 206 Å². The smallest absolute Gasteiger partial charge is 0.413 e. The van der Waals surface area contributed by atoms with Crippen LogP contribution in [0.1, 0.15) is 11.1 Å². The molecule has 0 aromatic heterocycles. The van der Waals surface area contributed by atoms with E-state index in [1.54, 1.807) is 12.1 Å². The van der Waals surface area contributed by atoms with Gasteiger partial charge in [0, 0.05) is 18.7 Å². The predicted molar refractivity (Wildman–Crippen MR) is 127 cm³/mol. The van der Waals surface area contributed by atoms with Crippen LogP contribution in [0.2, 0.25) is 0 Å². The number of amides is 1. The zero-order valence-corrected chi connectivity index (χ0v) is 20.1. The third-order valence-corrected chi connectivity index (χ3v) is 6.74. The molecule has 0 radical (unpaired) electrons. The number of Topliss-reactive ketones (excluding diaryl/α,β-unsaturated/α-hetero) is 1. The summed E-state index contributed by atoms with van der Waals surface area (Å²) in [6.07, 6.45) is -1.04. The number of ether oxygens (including phenoxy) is 1. The van der Waals surface area contributed by atoms with Crippen molar-refractivity contribution in [3.05, 3.63) is 65.2 Å². The van der Waals surface area contributed by atoms with Crippen LogP contribution in [0.4, 0.5) is 13.6 Å². The normalized spacial score (nSPS) is 13.6. The lowest BCUT2D eigenvalue weighted by molar-refractivity contribution is -0.122. The van der Waals surface area contributed by atoms with E-state index in [0.29, 0.717) is 31.0 Å². The van der Waals surface area contributed by atoms with Gasteiger partial charge in [-0.1, -0.05) is 30.3 Å². The van der Waals surface area contributed by atoms with Crippen LogP contribution in [0, 0.1) is 11.6 Å². The molecular formula is C23H26F2N4O6S. The molecule has 2 aromatic rings. The van der Waals surface area contributed by atoms with Crippen molar-refractivity contribution in [2.75, 3.05) is 45.3 Å². The Bertz CT molecular complexity index is 1200. The van der Waals surface area contributed by atoms with Gasteiger partial charge in [0.1, 0.15) is 34.8 Å². The number of hydrogen-bond donors (Lipinski definition) is 3. The van der Waals surface area contributed by atoms with Crippen molar-refractivity contribution in [2.45, 2.75) is 11.4 Å². The first-order valence-corrected chi connectivity index (χ1v) is 12.7. The molecule has 0 bridgehead atoms. The van der Waals surface area contributed by atoms with Crippen molar-refractivity contribution in [3.63, 3.8) is 0 Å². The van der Waals surface area contributed by atoms with Crippen molar-refractivity contribution < 1.29 is 36.6 Å². The fourth-order valence-corrected chi connectivity index (χ4v) is 4.73. The second-order valence-electron chi connectivity index (χ2n) is 7.84. The molecule has 0 atom stereocenters. The van der Waals surface area contributed by atoms with Gasteiger partial charge in [-0.2, -0.15) is 0 Å². The van der Waals surface area contributed by atoms with E-state index in [-0.39, 0.29) is 32.1 Å². The van der Waals surface area contributed by atoms with E-state index in [9.17, 15) is 31.9 Å². The molecule has 3 N–H and O–H groups in total. The molecule has 1 amide bonds. The summed E-state index contributed by atoms with van der Waals surface area (Å²) in [5.74, 6) is -2.79. The standard InChI is InChI=1S/C23H26F2N4O6S/c24-19-2-1-3-20(25)21(19)36(33,34)15-26-9-11-35-14-18(30)13-27-12-16-4-6-17(7-5-16)22-28-8-10-29(22)23(31)32/h1-7,26-27H,8-15H2,(H,31,32). The zero-order valence-electron chi connectivity index (χ0n) is 19.2. The Hall–Kier alpha value is -3.26. The van der Waals surface area contributed by atoms with Gasteiger partial charge in [-0.05, 0) is 17.7 Å². The van der Waals surface area contributed by atoms with Crippen molar-refractivity contribution in [3.8, 4) is 0 Å². The van der Waals surface area contributed by atoms with E-state index in [1.807, 2.05) is 12.1 Å². The Balaban J connectivity index is 1.31. The quantitative estimate of drug-likeness (QED) is 0.335. The fourth-order valence-electron chi connectivity index (χ4n) is 3.44. The number of nitrogens with one attached hydrogen (secondary N) is 2. The van der Waals surface area contributed by atoms with E-state index in [1.165, 1.54) is 4.90 Å². The molecule has 1 aliphatic rings. The molecule has 1 heterocycles. The molecule has 0 saturated heterocycles. The summed E-state index contributed by atoms with van der Waals surface area (Å²) in [5, 5.41) is 14.7. The number of carboxylic acid groups (broad SMARTS) is 1. The lowest BCUT2D eigenvalue weighted by Gasteiger charge is -2.14. The molecule has 2 aromatic carbocycles. The highest BCUT2D eigenvalue weighted by Gasteiger charge is 2.24. The minimum Gasteiger partial charge on any atom is -0.465 e. The molecule has 0 unspecified atom stereocenters. The van der Waals surface area contributed by atoms with Crippen LogP contribution in [-0.4, -0.2) is 81.4 Å². The SMILES string of the molecule is O=C(CNCc1ccc(C2=NCCN2C(=O)O)cc1)COCCNCS(=O)(=O)c1c(F)cccc1F. The van der Waals surface area contributed by atoms with Gasteiger partial charge in [0.05, 0.1) is 26.2 Å². The third-order valence-electron chi connectivity index (χ3n) is 5.14. The molecule has 36 heavy (non-hydrogen) atoms. The van der Waals surface area contributed by atoms with E-state index < -0.39 is 38.3 Å². The van der Waals surface area contributed by atoms with Crippen molar-refractivity contribution in [1.82, 2.24) is 15.5 Å². The molecule has 1 aliphatic heterocycles. The van der Waals surface area contributed by atoms with Crippen LogP contribution in [0.5, 0.6) is 0 Å². The summed E-state index contributed by atoms with van der Waals surface area (Å²) >= 11 is 0. The molecular weight excluding hydrogens is 498 g/mol. The number of aliphatic imine (C=N–C) groups is 1. The number of sulfone groups is 1. The molecule has 13 heteroatoms. The Morgan fingerprint density at radius 3 is 2.44 bits per heavy atom. The van der Waals surface area contributed by atoms with Crippen molar-refractivity contribution in [1.29, 1.82) is 0 Å². The maximum Gasteiger partial charge on any atom is 0.413 e. The first kappa shape index (κ1) is 27.3. The molecule has 0 aliphatic carbocycles. The van der Waals surface area contributed by atoms with E-state index >= 15 is 0 Å². The van der Waals surface area contributed by atoms with Gasteiger partial charge in [-0.3, -0.25) is 14.7 Å². The topological polar surface area (TPSA) is 137 Å². The summed E-state index contributed by atoms with van der Waals surface area (Å²) in [4.78, 5) is 27.6. The van der Waals surface area contributed by atoms with Gasteiger partial charge < -0.3 is 20.5 Å². The monoisotopic (exact) mass is 524 g/mol. The average molecular weight is 525 g/mol. The maximum atomic E-state index is 13.7. The minimum absolute atomic E-state index is 0.0275. The van der Waals surface area contributed by atoms with Crippen LogP contribution in [0.15, 0.2) is 52.4 Å². The van der Waals surface area contributed by atoms with Gasteiger partial charge in [-0.15, -0.1) is 0 Å². The number of halogens is 2. The number of carbonyl (C=O) groups is 2. The number of amidine groups is 1. The predicted octanol–water partition coefficient (Wildman–Crippen LogP) is 1.40. The van der Waals surface area contributed by atoms with Gasteiger partial charge in [-0.25, -0.2) is 22.0 Å². The van der Waals surface area contributed by atoms with Gasteiger partial charge in [0.2, 0.25) is 0 Å². The Morgan fingerprint density at radius 2 is 1.78 bits per heavy atom. The lowest BCUT2D eigenvalue weighted by Crippen LogP contribution is -2.33. The van der Waals surface area contributed by atoms with Crippen molar-refractivity contribution >= 4 is 27.5 Å². The third kappa shape index (κ3) is 7.37. The summed E-state index contributed by atoms with van der Waals surface area (Å²) in [7, 11) is -4.21.